The smallest absolute Gasteiger partial charge is 0.132 e. The van der Waals surface area contributed by atoms with Crippen molar-refractivity contribution in [2.24, 2.45) is 0 Å². The summed E-state index contributed by atoms with van der Waals surface area (Å²) < 4.78 is 0. The second-order valence-corrected chi connectivity index (χ2v) is 5.36. The highest BCUT2D eigenvalue weighted by molar-refractivity contribution is 5.13. The highest BCUT2D eigenvalue weighted by Crippen LogP contribution is 2.35. The second-order valence-electron chi connectivity index (χ2n) is 5.36. The van der Waals surface area contributed by atoms with E-state index in [1.54, 1.807) is 0 Å². The van der Waals surface area contributed by atoms with Crippen LogP contribution in [0.4, 0.5) is 0 Å². The summed E-state index contributed by atoms with van der Waals surface area (Å²) in [4.78, 5) is 9.30. The minimum atomic E-state index is 0.525. The molecule has 2 heterocycles. The summed E-state index contributed by atoms with van der Waals surface area (Å²) in [6.45, 7) is 2.20. The Balaban J connectivity index is 1.76. The van der Waals surface area contributed by atoms with Crippen LogP contribution in [0.15, 0.2) is 12.3 Å². The molecule has 92 valence electrons. The molecular formula is C14H21N3. The van der Waals surface area contributed by atoms with Crippen molar-refractivity contribution in [2.75, 3.05) is 13.1 Å². The maximum absolute atomic E-state index is 4.81. The zero-order valence-electron chi connectivity index (χ0n) is 10.4. The molecule has 1 aromatic rings. The van der Waals surface area contributed by atoms with Crippen LogP contribution in [0.2, 0.25) is 0 Å². The van der Waals surface area contributed by atoms with E-state index in [-0.39, 0.29) is 0 Å². The van der Waals surface area contributed by atoms with E-state index in [2.05, 4.69) is 16.4 Å². The molecule has 17 heavy (non-hydrogen) atoms. The van der Waals surface area contributed by atoms with Crippen molar-refractivity contribution < 1.29 is 0 Å². The van der Waals surface area contributed by atoms with Crippen LogP contribution in [0, 0.1) is 0 Å². The summed E-state index contributed by atoms with van der Waals surface area (Å²) in [7, 11) is 0. The van der Waals surface area contributed by atoms with Crippen LogP contribution in [0.5, 0.6) is 0 Å². The summed E-state index contributed by atoms with van der Waals surface area (Å²) in [6.07, 6.45) is 9.79. The van der Waals surface area contributed by atoms with Gasteiger partial charge >= 0.3 is 0 Å². The van der Waals surface area contributed by atoms with E-state index >= 15 is 0 Å². The Hall–Kier alpha value is -0.960. The van der Waals surface area contributed by atoms with Crippen LogP contribution >= 0.6 is 0 Å². The first-order valence-electron chi connectivity index (χ1n) is 6.97. The fourth-order valence-electron chi connectivity index (χ4n) is 2.76. The van der Waals surface area contributed by atoms with Gasteiger partial charge in [0.2, 0.25) is 0 Å². The fraction of sp³-hybridized carbons (Fsp3) is 0.714. The number of hydrogen-bond acceptors (Lipinski definition) is 3. The van der Waals surface area contributed by atoms with E-state index in [0.29, 0.717) is 5.92 Å². The van der Waals surface area contributed by atoms with E-state index in [9.17, 15) is 0 Å². The molecule has 1 saturated heterocycles. The Morgan fingerprint density at radius 1 is 1.06 bits per heavy atom. The molecule has 0 aromatic carbocycles. The molecule has 1 aromatic heterocycles. The van der Waals surface area contributed by atoms with E-state index in [0.717, 1.165) is 24.8 Å². The summed E-state index contributed by atoms with van der Waals surface area (Å²) >= 11 is 0. The molecule has 3 nitrogen and oxygen atoms in total. The molecular weight excluding hydrogens is 210 g/mol. The molecule has 0 radical (unpaired) electrons. The van der Waals surface area contributed by atoms with E-state index in [4.69, 9.17) is 4.98 Å². The van der Waals surface area contributed by atoms with Crippen LogP contribution in [-0.2, 0) is 0 Å². The van der Waals surface area contributed by atoms with E-state index in [1.807, 2.05) is 6.20 Å². The van der Waals surface area contributed by atoms with E-state index in [1.165, 1.54) is 44.2 Å². The topological polar surface area (TPSA) is 37.8 Å². The number of nitrogens with zero attached hydrogens (tertiary/aromatic N) is 2. The van der Waals surface area contributed by atoms with Crippen molar-refractivity contribution >= 4 is 0 Å². The average Bonchev–Trinajstić information content (AvgIpc) is 2.55. The molecule has 1 unspecified atom stereocenters. The molecule has 0 amide bonds. The van der Waals surface area contributed by atoms with Crippen molar-refractivity contribution in [3.63, 3.8) is 0 Å². The highest BCUT2D eigenvalue weighted by Gasteiger charge is 2.23. The lowest BCUT2D eigenvalue weighted by molar-refractivity contribution is 0.407. The first-order valence-corrected chi connectivity index (χ1v) is 6.97. The van der Waals surface area contributed by atoms with Crippen LogP contribution in [0.25, 0.3) is 0 Å². The van der Waals surface area contributed by atoms with Gasteiger partial charge in [0.1, 0.15) is 5.82 Å². The van der Waals surface area contributed by atoms with Crippen molar-refractivity contribution in [1.82, 2.24) is 15.3 Å². The standard InChI is InChI=1S/C14H21N3/c1-2-8-15-10-12(4-1)14-16-9-7-13(17-14)11-5-3-6-11/h7,9,11-12,15H,1-6,8,10H2. The summed E-state index contributed by atoms with van der Waals surface area (Å²) in [5, 5.41) is 3.49. The van der Waals surface area contributed by atoms with Gasteiger partial charge in [-0.2, -0.15) is 0 Å². The third-order valence-corrected chi connectivity index (χ3v) is 4.13. The highest BCUT2D eigenvalue weighted by atomic mass is 14.9. The van der Waals surface area contributed by atoms with Crippen LogP contribution in [0.1, 0.15) is 61.9 Å². The Kier molecular flexibility index (Phi) is 3.36. The van der Waals surface area contributed by atoms with Gasteiger partial charge in [0.25, 0.3) is 0 Å². The molecule has 3 heteroatoms. The minimum absolute atomic E-state index is 0.525. The quantitative estimate of drug-likeness (QED) is 0.850. The van der Waals surface area contributed by atoms with Crippen molar-refractivity contribution in [3.8, 4) is 0 Å². The Morgan fingerprint density at radius 2 is 1.94 bits per heavy atom. The largest absolute Gasteiger partial charge is 0.316 e. The first kappa shape index (κ1) is 11.1. The van der Waals surface area contributed by atoms with Crippen LogP contribution in [0.3, 0.4) is 0 Å². The predicted octanol–water partition coefficient (Wildman–Crippen LogP) is 2.60. The SMILES string of the molecule is c1cc(C2CCC2)nc(C2CCCCNC2)n1. The van der Waals surface area contributed by atoms with Crippen molar-refractivity contribution in [2.45, 2.75) is 50.4 Å². The zero-order valence-corrected chi connectivity index (χ0v) is 10.4. The molecule has 2 aliphatic rings. The fourth-order valence-corrected chi connectivity index (χ4v) is 2.76. The summed E-state index contributed by atoms with van der Waals surface area (Å²) in [6, 6.07) is 2.11. The Morgan fingerprint density at radius 3 is 2.76 bits per heavy atom. The lowest BCUT2D eigenvalue weighted by Gasteiger charge is -2.25. The van der Waals surface area contributed by atoms with Gasteiger partial charge in [0.15, 0.2) is 0 Å². The third-order valence-electron chi connectivity index (χ3n) is 4.13. The molecule has 1 aliphatic heterocycles. The summed E-state index contributed by atoms with van der Waals surface area (Å²) in [5.41, 5.74) is 1.28. The number of nitrogens with one attached hydrogen (secondary N) is 1. The normalized spacial score (nSPS) is 26.2. The molecule has 1 atom stereocenters. The maximum Gasteiger partial charge on any atom is 0.132 e. The van der Waals surface area contributed by atoms with Gasteiger partial charge in [-0.1, -0.05) is 12.8 Å². The third kappa shape index (κ3) is 2.49. The molecule has 2 fully saturated rings. The minimum Gasteiger partial charge on any atom is -0.316 e. The van der Waals surface area contributed by atoms with Crippen molar-refractivity contribution in [3.05, 3.63) is 23.8 Å². The number of aromatic nitrogens is 2. The monoisotopic (exact) mass is 231 g/mol. The lowest BCUT2D eigenvalue weighted by Crippen LogP contribution is -2.21. The predicted molar refractivity (Wildman–Crippen MR) is 68.1 cm³/mol. The number of hydrogen-bond donors (Lipinski definition) is 1. The average molecular weight is 231 g/mol. The maximum atomic E-state index is 4.81. The van der Waals surface area contributed by atoms with Gasteiger partial charge in [0, 0.05) is 30.3 Å². The molecule has 1 aliphatic carbocycles. The van der Waals surface area contributed by atoms with Crippen LogP contribution in [-0.4, -0.2) is 23.1 Å². The van der Waals surface area contributed by atoms with Gasteiger partial charge in [-0.15, -0.1) is 0 Å². The Bertz CT molecular complexity index is 365. The lowest BCUT2D eigenvalue weighted by atomic mass is 9.83. The second kappa shape index (κ2) is 5.13. The van der Waals surface area contributed by atoms with Gasteiger partial charge in [-0.05, 0) is 38.3 Å². The molecule has 1 saturated carbocycles. The summed E-state index contributed by atoms with van der Waals surface area (Å²) in [5.74, 6) is 2.32. The molecule has 0 spiro atoms. The van der Waals surface area contributed by atoms with Crippen molar-refractivity contribution in [1.29, 1.82) is 0 Å². The molecule has 1 N–H and O–H groups in total. The van der Waals surface area contributed by atoms with Gasteiger partial charge < -0.3 is 5.32 Å². The van der Waals surface area contributed by atoms with E-state index < -0.39 is 0 Å². The van der Waals surface area contributed by atoms with Gasteiger partial charge in [-0.25, -0.2) is 9.97 Å². The molecule has 0 bridgehead atoms. The first-order chi connectivity index (χ1) is 8.43. The molecule has 3 rings (SSSR count). The zero-order chi connectivity index (χ0) is 11.5. The van der Waals surface area contributed by atoms with Crippen LogP contribution < -0.4 is 5.32 Å². The van der Waals surface area contributed by atoms with Gasteiger partial charge in [-0.3, -0.25) is 0 Å². The van der Waals surface area contributed by atoms with Gasteiger partial charge in [0.05, 0.1) is 0 Å². The Labute approximate surface area is 103 Å². The number of rotatable bonds is 2.